The van der Waals surface area contributed by atoms with E-state index >= 15 is 0 Å². The van der Waals surface area contributed by atoms with E-state index in [0.717, 1.165) is 34.9 Å². The molecule has 0 aliphatic rings. The molecule has 7 nitrogen and oxygen atoms in total. The number of halogens is 2. The summed E-state index contributed by atoms with van der Waals surface area (Å²) in [5, 5.41) is 3.70. The van der Waals surface area contributed by atoms with Crippen LogP contribution in [0.15, 0.2) is 66.7 Å². The zero-order valence-corrected chi connectivity index (χ0v) is 26.9. The van der Waals surface area contributed by atoms with Crippen LogP contribution in [0.25, 0.3) is 0 Å². The van der Waals surface area contributed by atoms with Gasteiger partial charge in [0.15, 0.2) is 0 Å². The third-order valence-electron chi connectivity index (χ3n) is 6.80. The first kappa shape index (κ1) is 33.4. The summed E-state index contributed by atoms with van der Waals surface area (Å²) >= 11 is 12.4. The maximum Gasteiger partial charge on any atom is 0.243 e. The molecule has 0 spiro atoms. The molecule has 0 saturated heterocycles. The van der Waals surface area contributed by atoms with Crippen LogP contribution in [-0.2, 0) is 32.6 Å². The molecule has 0 fully saturated rings. The number of nitrogens with one attached hydrogen (secondary N) is 1. The first-order chi connectivity index (χ1) is 19.9. The van der Waals surface area contributed by atoms with E-state index in [2.05, 4.69) is 5.32 Å². The molecule has 3 aromatic carbocycles. The summed E-state index contributed by atoms with van der Waals surface area (Å²) in [5.41, 5.74) is 4.11. The second kappa shape index (κ2) is 15.4. The quantitative estimate of drug-likeness (QED) is 0.225. The Morgan fingerprint density at radius 1 is 0.905 bits per heavy atom. The van der Waals surface area contributed by atoms with Crippen molar-refractivity contribution in [3.63, 3.8) is 0 Å². The zero-order chi connectivity index (χ0) is 30.9. The number of benzene rings is 3. The number of hydrogen-bond donors (Lipinski definition) is 1. The second-order valence-corrected chi connectivity index (χ2v) is 13.3. The average Bonchev–Trinajstić information content (AvgIpc) is 2.92. The molecule has 0 aromatic heterocycles. The highest BCUT2D eigenvalue weighted by atomic mass is 35.5. The van der Waals surface area contributed by atoms with Crippen molar-refractivity contribution in [1.29, 1.82) is 0 Å². The predicted molar refractivity (Wildman–Crippen MR) is 172 cm³/mol. The van der Waals surface area contributed by atoms with Crippen LogP contribution in [0.5, 0.6) is 0 Å². The molecular weight excluding hydrogens is 593 g/mol. The lowest BCUT2D eigenvalue weighted by Crippen LogP contribution is -2.50. The van der Waals surface area contributed by atoms with E-state index in [1.54, 1.807) is 23.1 Å². The molecule has 2 amide bonds. The normalized spacial score (nSPS) is 12.0. The van der Waals surface area contributed by atoms with Gasteiger partial charge in [-0.2, -0.15) is 0 Å². The topological polar surface area (TPSA) is 86.8 Å². The summed E-state index contributed by atoms with van der Waals surface area (Å²) in [4.78, 5) is 29.0. The molecule has 0 saturated carbocycles. The van der Waals surface area contributed by atoms with Gasteiger partial charge >= 0.3 is 0 Å². The van der Waals surface area contributed by atoms with Crippen LogP contribution >= 0.6 is 23.2 Å². The number of aryl methyl sites for hydroxylation is 2. The molecule has 0 radical (unpaired) electrons. The molecule has 42 heavy (non-hydrogen) atoms. The van der Waals surface area contributed by atoms with Crippen molar-refractivity contribution in [3.8, 4) is 0 Å². The maximum absolute atomic E-state index is 13.9. The van der Waals surface area contributed by atoms with E-state index in [1.165, 1.54) is 4.31 Å². The van der Waals surface area contributed by atoms with Gasteiger partial charge in [0, 0.05) is 32.5 Å². The SMILES string of the molecule is CCCNC(=O)[C@@H](Cc1ccccc1)N(Cc1ccc(Cl)c(Cl)c1)C(=O)CCCN(c1cc(C)cc(C)c1)S(C)(=O)=O. The first-order valence-electron chi connectivity index (χ1n) is 14.0. The Hall–Kier alpha value is -3.07. The molecule has 3 aromatic rings. The Bertz CT molecular complexity index is 1460. The minimum atomic E-state index is -3.59. The molecule has 0 aliphatic heterocycles. The summed E-state index contributed by atoms with van der Waals surface area (Å²) in [6, 6.07) is 19.5. The third kappa shape index (κ3) is 9.75. The Kier molecular flexibility index (Phi) is 12.3. The highest BCUT2D eigenvalue weighted by molar-refractivity contribution is 7.92. The molecule has 1 N–H and O–H groups in total. The second-order valence-electron chi connectivity index (χ2n) is 10.6. The number of rotatable bonds is 14. The van der Waals surface area contributed by atoms with Crippen molar-refractivity contribution >= 4 is 50.7 Å². The number of carbonyl (C=O) groups is 2. The fourth-order valence-corrected chi connectivity index (χ4v) is 6.12. The van der Waals surface area contributed by atoms with Gasteiger partial charge in [-0.05, 0) is 73.2 Å². The number of hydrogen-bond acceptors (Lipinski definition) is 4. The molecule has 10 heteroatoms. The lowest BCUT2D eigenvalue weighted by molar-refractivity contribution is -0.141. The highest BCUT2D eigenvalue weighted by Crippen LogP contribution is 2.25. The van der Waals surface area contributed by atoms with Crippen molar-refractivity contribution in [1.82, 2.24) is 10.2 Å². The standard InChI is InChI=1S/C32H39Cl2N3O4S/c1-5-15-35-32(39)30(21-25-10-7-6-8-11-25)36(22-26-13-14-28(33)29(34)20-26)31(38)12-9-16-37(42(4,40)41)27-18-23(2)17-24(3)19-27/h6-8,10-11,13-14,17-20,30H,5,9,12,15-16,21-22H2,1-4H3,(H,35,39)/t30-/m1/s1. The molecular formula is C32H39Cl2N3O4S. The molecule has 0 aliphatic carbocycles. The minimum absolute atomic E-state index is 0.0461. The third-order valence-corrected chi connectivity index (χ3v) is 8.74. The van der Waals surface area contributed by atoms with E-state index in [-0.39, 0.29) is 37.7 Å². The van der Waals surface area contributed by atoms with Gasteiger partial charge in [0.1, 0.15) is 6.04 Å². The maximum atomic E-state index is 13.9. The van der Waals surface area contributed by atoms with Gasteiger partial charge in [-0.25, -0.2) is 8.42 Å². The van der Waals surface area contributed by atoms with Gasteiger partial charge in [0.05, 0.1) is 22.0 Å². The minimum Gasteiger partial charge on any atom is -0.354 e. The van der Waals surface area contributed by atoms with Crippen LogP contribution < -0.4 is 9.62 Å². The number of anilines is 1. The largest absolute Gasteiger partial charge is 0.354 e. The molecule has 1 atom stereocenters. The van der Waals surface area contributed by atoms with Crippen molar-refractivity contribution in [2.24, 2.45) is 0 Å². The van der Waals surface area contributed by atoms with Gasteiger partial charge in [-0.1, -0.05) is 72.6 Å². The molecule has 0 unspecified atom stereocenters. The summed E-state index contributed by atoms with van der Waals surface area (Å²) in [7, 11) is -3.59. The number of amides is 2. The van der Waals surface area contributed by atoms with E-state index in [0.29, 0.717) is 28.7 Å². The molecule has 0 heterocycles. The molecule has 3 rings (SSSR count). The Balaban J connectivity index is 1.90. The van der Waals surface area contributed by atoms with E-state index in [9.17, 15) is 18.0 Å². The van der Waals surface area contributed by atoms with Gasteiger partial charge < -0.3 is 10.2 Å². The van der Waals surface area contributed by atoms with Crippen LogP contribution in [0.2, 0.25) is 10.0 Å². The number of carbonyl (C=O) groups excluding carboxylic acids is 2. The van der Waals surface area contributed by atoms with Crippen molar-refractivity contribution < 1.29 is 18.0 Å². The number of nitrogens with zero attached hydrogens (tertiary/aromatic N) is 2. The van der Waals surface area contributed by atoms with Crippen LogP contribution in [0.4, 0.5) is 5.69 Å². The van der Waals surface area contributed by atoms with Gasteiger partial charge in [0.25, 0.3) is 0 Å². The molecule has 226 valence electrons. The summed E-state index contributed by atoms with van der Waals surface area (Å²) < 4.78 is 26.8. The monoisotopic (exact) mass is 631 g/mol. The predicted octanol–water partition coefficient (Wildman–Crippen LogP) is 6.32. The van der Waals surface area contributed by atoms with Crippen molar-refractivity contribution in [3.05, 3.63) is 99.0 Å². The van der Waals surface area contributed by atoms with Crippen LogP contribution in [0.1, 0.15) is 48.4 Å². The van der Waals surface area contributed by atoms with Crippen molar-refractivity contribution in [2.75, 3.05) is 23.7 Å². The summed E-state index contributed by atoms with van der Waals surface area (Å²) in [6.07, 6.45) is 2.55. The fourth-order valence-electron chi connectivity index (χ4n) is 4.85. The zero-order valence-electron chi connectivity index (χ0n) is 24.6. The van der Waals surface area contributed by atoms with Crippen LogP contribution in [-0.4, -0.2) is 50.5 Å². The van der Waals surface area contributed by atoms with E-state index in [1.807, 2.05) is 69.3 Å². The Morgan fingerprint density at radius 2 is 1.57 bits per heavy atom. The van der Waals surface area contributed by atoms with E-state index < -0.39 is 16.1 Å². The lowest BCUT2D eigenvalue weighted by Gasteiger charge is -2.32. The smallest absolute Gasteiger partial charge is 0.243 e. The first-order valence-corrected chi connectivity index (χ1v) is 16.6. The van der Waals surface area contributed by atoms with Crippen LogP contribution in [0.3, 0.4) is 0 Å². The summed E-state index contributed by atoms with van der Waals surface area (Å²) in [6.45, 7) is 6.54. The molecule has 0 bridgehead atoms. The highest BCUT2D eigenvalue weighted by Gasteiger charge is 2.30. The van der Waals surface area contributed by atoms with Crippen molar-refractivity contribution in [2.45, 2.75) is 59.0 Å². The lowest BCUT2D eigenvalue weighted by atomic mass is 10.0. The Morgan fingerprint density at radius 3 is 2.17 bits per heavy atom. The van der Waals surface area contributed by atoms with Gasteiger partial charge in [0.2, 0.25) is 21.8 Å². The number of sulfonamides is 1. The fraction of sp³-hybridized carbons (Fsp3) is 0.375. The van der Waals surface area contributed by atoms with E-state index in [4.69, 9.17) is 23.2 Å². The Labute approximate surface area is 259 Å². The van der Waals surface area contributed by atoms with Gasteiger partial charge in [-0.3, -0.25) is 13.9 Å². The van der Waals surface area contributed by atoms with Gasteiger partial charge in [-0.15, -0.1) is 0 Å². The average molecular weight is 633 g/mol. The van der Waals surface area contributed by atoms with Crippen LogP contribution in [0, 0.1) is 13.8 Å². The summed E-state index contributed by atoms with van der Waals surface area (Å²) in [5.74, 6) is -0.510.